The Bertz CT molecular complexity index is 864. The summed E-state index contributed by atoms with van der Waals surface area (Å²) in [6.07, 6.45) is 0.313. The van der Waals surface area contributed by atoms with Gasteiger partial charge in [-0.25, -0.2) is 8.42 Å². The lowest BCUT2D eigenvalue weighted by molar-refractivity contribution is -0.116. The lowest BCUT2D eigenvalue weighted by Gasteiger charge is -2.13. The highest BCUT2D eigenvalue weighted by molar-refractivity contribution is 7.92. The van der Waals surface area contributed by atoms with E-state index in [9.17, 15) is 13.2 Å². The third-order valence-corrected chi connectivity index (χ3v) is 5.16. The number of rotatable bonds is 7. The van der Waals surface area contributed by atoms with E-state index in [0.717, 1.165) is 5.56 Å². The molecule has 1 amide bonds. The predicted molar refractivity (Wildman–Crippen MR) is 100 cm³/mol. The highest BCUT2D eigenvalue weighted by Gasteiger charge is 2.18. The number of sulfonamides is 1. The van der Waals surface area contributed by atoms with E-state index in [1.807, 2.05) is 13.0 Å². The molecular weight excluding hydrogens is 338 g/mol. The largest absolute Gasteiger partial charge is 0.326 e. The zero-order valence-corrected chi connectivity index (χ0v) is 15.4. The van der Waals surface area contributed by atoms with Gasteiger partial charge in [0.15, 0.2) is 0 Å². The highest BCUT2D eigenvalue weighted by atomic mass is 32.2. The zero-order valence-electron chi connectivity index (χ0n) is 14.6. The summed E-state index contributed by atoms with van der Waals surface area (Å²) in [7, 11) is -1.98. The third kappa shape index (κ3) is 5.30. The second kappa shape index (κ2) is 8.13. The van der Waals surface area contributed by atoms with Gasteiger partial charge in [-0.15, -0.1) is 0 Å². The van der Waals surface area contributed by atoms with E-state index in [1.54, 1.807) is 44.3 Å². The minimum absolute atomic E-state index is 0.139. The molecule has 0 spiro atoms. The minimum Gasteiger partial charge on any atom is -0.326 e. The molecular formula is C18H23N3O3S. The fourth-order valence-electron chi connectivity index (χ4n) is 2.35. The normalized spacial score (nSPS) is 11.2. The van der Waals surface area contributed by atoms with E-state index in [2.05, 4.69) is 15.4 Å². The first kappa shape index (κ1) is 19.0. The summed E-state index contributed by atoms with van der Waals surface area (Å²) >= 11 is 0. The van der Waals surface area contributed by atoms with Gasteiger partial charge in [-0.3, -0.25) is 9.52 Å². The van der Waals surface area contributed by atoms with Crippen LogP contribution >= 0.6 is 0 Å². The maximum Gasteiger partial charge on any atom is 0.262 e. The van der Waals surface area contributed by atoms with Crippen LogP contribution in [0.25, 0.3) is 0 Å². The van der Waals surface area contributed by atoms with Gasteiger partial charge in [0.05, 0.1) is 4.90 Å². The summed E-state index contributed by atoms with van der Waals surface area (Å²) < 4.78 is 28.0. The Morgan fingerprint density at radius 1 is 1.04 bits per heavy atom. The van der Waals surface area contributed by atoms with Crippen molar-refractivity contribution in [2.75, 3.05) is 23.6 Å². The molecule has 2 aromatic rings. The van der Waals surface area contributed by atoms with Gasteiger partial charge >= 0.3 is 0 Å². The van der Waals surface area contributed by atoms with E-state index in [0.29, 0.717) is 29.9 Å². The van der Waals surface area contributed by atoms with Crippen LogP contribution in [0.3, 0.4) is 0 Å². The van der Waals surface area contributed by atoms with E-state index < -0.39 is 10.0 Å². The Kier molecular flexibility index (Phi) is 6.17. The van der Waals surface area contributed by atoms with Gasteiger partial charge in [0, 0.05) is 24.3 Å². The molecule has 0 aliphatic carbocycles. The molecule has 0 aliphatic heterocycles. The quantitative estimate of drug-likeness (QED) is 0.707. The van der Waals surface area contributed by atoms with Gasteiger partial charge in [0.2, 0.25) is 5.91 Å². The predicted octanol–water partition coefficient (Wildman–Crippen LogP) is 2.65. The number of amides is 1. The van der Waals surface area contributed by atoms with E-state index in [1.165, 1.54) is 6.07 Å². The molecule has 2 aromatic carbocycles. The Labute approximate surface area is 148 Å². The third-order valence-electron chi connectivity index (χ3n) is 3.63. The zero-order chi connectivity index (χ0) is 18.4. The molecule has 0 saturated carbocycles. The van der Waals surface area contributed by atoms with Crippen molar-refractivity contribution in [1.82, 2.24) is 5.32 Å². The average molecular weight is 361 g/mol. The van der Waals surface area contributed by atoms with E-state index in [4.69, 9.17) is 0 Å². The Hall–Kier alpha value is -2.38. The Balaban J connectivity index is 2.24. The molecule has 0 aromatic heterocycles. The van der Waals surface area contributed by atoms with Crippen LogP contribution in [-0.4, -0.2) is 27.9 Å². The standard InChI is InChI=1S/C18H23N3O3S/c1-13-5-4-6-16(11-13)21-25(23,24)17-12-15(8-7-14(17)2)20-18(22)9-10-19-3/h4-8,11-12,19,21H,9-10H2,1-3H3,(H,20,22). The maximum atomic E-state index is 12.7. The summed E-state index contributed by atoms with van der Waals surface area (Å²) in [5.74, 6) is -0.173. The molecule has 0 heterocycles. The Morgan fingerprint density at radius 2 is 1.80 bits per heavy atom. The fraction of sp³-hybridized carbons (Fsp3) is 0.278. The smallest absolute Gasteiger partial charge is 0.262 e. The van der Waals surface area contributed by atoms with Crippen LogP contribution in [0.4, 0.5) is 11.4 Å². The SMILES string of the molecule is CNCCC(=O)Nc1ccc(C)c(S(=O)(=O)Nc2cccc(C)c2)c1. The number of carbonyl (C=O) groups excluding carboxylic acids is 1. The fourth-order valence-corrected chi connectivity index (χ4v) is 3.67. The first-order valence-corrected chi connectivity index (χ1v) is 9.45. The van der Waals surface area contributed by atoms with E-state index >= 15 is 0 Å². The molecule has 0 fully saturated rings. The van der Waals surface area contributed by atoms with Gasteiger partial charge in [0.1, 0.15) is 0 Å². The number of anilines is 2. The lowest BCUT2D eigenvalue weighted by atomic mass is 10.2. The number of hydrogen-bond donors (Lipinski definition) is 3. The summed E-state index contributed by atoms with van der Waals surface area (Å²) in [6.45, 7) is 4.17. The molecule has 0 atom stereocenters. The van der Waals surface area contributed by atoms with Crippen molar-refractivity contribution in [2.45, 2.75) is 25.2 Å². The molecule has 0 aliphatic rings. The molecule has 6 nitrogen and oxygen atoms in total. The van der Waals surface area contributed by atoms with Crippen LogP contribution in [0.5, 0.6) is 0 Å². The molecule has 0 saturated heterocycles. The minimum atomic E-state index is -3.75. The number of hydrogen-bond acceptors (Lipinski definition) is 4. The summed E-state index contributed by atoms with van der Waals surface area (Å²) in [5, 5.41) is 5.61. The Morgan fingerprint density at radius 3 is 2.48 bits per heavy atom. The molecule has 0 unspecified atom stereocenters. The van der Waals surface area contributed by atoms with Crippen LogP contribution in [0.1, 0.15) is 17.5 Å². The van der Waals surface area contributed by atoms with Crippen molar-refractivity contribution in [3.63, 3.8) is 0 Å². The van der Waals surface area contributed by atoms with E-state index in [-0.39, 0.29) is 10.8 Å². The summed E-state index contributed by atoms with van der Waals surface area (Å²) in [6, 6.07) is 12.0. The first-order chi connectivity index (χ1) is 11.8. The molecule has 134 valence electrons. The van der Waals surface area contributed by atoms with Gasteiger partial charge < -0.3 is 10.6 Å². The van der Waals surface area contributed by atoms with Crippen LogP contribution in [0.2, 0.25) is 0 Å². The number of aryl methyl sites for hydroxylation is 2. The second-order valence-corrected chi connectivity index (χ2v) is 7.51. The van der Waals surface area contributed by atoms with Gasteiger partial charge in [-0.05, 0) is 56.3 Å². The molecule has 7 heteroatoms. The van der Waals surface area contributed by atoms with Crippen LogP contribution in [0.15, 0.2) is 47.4 Å². The van der Waals surface area contributed by atoms with Crippen LogP contribution < -0.4 is 15.4 Å². The average Bonchev–Trinajstić information content (AvgIpc) is 2.54. The van der Waals surface area contributed by atoms with Crippen LogP contribution in [-0.2, 0) is 14.8 Å². The van der Waals surface area contributed by atoms with Crippen molar-refractivity contribution in [3.8, 4) is 0 Å². The molecule has 0 radical (unpaired) electrons. The molecule has 0 bridgehead atoms. The monoisotopic (exact) mass is 361 g/mol. The second-order valence-electron chi connectivity index (χ2n) is 5.86. The van der Waals surface area contributed by atoms with Gasteiger partial charge in [0.25, 0.3) is 10.0 Å². The van der Waals surface area contributed by atoms with Crippen molar-refractivity contribution < 1.29 is 13.2 Å². The van der Waals surface area contributed by atoms with Gasteiger partial charge in [-0.1, -0.05) is 18.2 Å². The van der Waals surface area contributed by atoms with Crippen molar-refractivity contribution in [3.05, 3.63) is 53.6 Å². The van der Waals surface area contributed by atoms with Crippen molar-refractivity contribution in [1.29, 1.82) is 0 Å². The molecule has 3 N–H and O–H groups in total. The lowest BCUT2D eigenvalue weighted by Crippen LogP contribution is -2.19. The van der Waals surface area contributed by atoms with Crippen LogP contribution in [0, 0.1) is 13.8 Å². The molecule has 2 rings (SSSR count). The summed E-state index contributed by atoms with van der Waals surface area (Å²) in [4.78, 5) is 12.0. The first-order valence-electron chi connectivity index (χ1n) is 7.96. The molecule has 25 heavy (non-hydrogen) atoms. The number of benzene rings is 2. The number of carbonyl (C=O) groups is 1. The van der Waals surface area contributed by atoms with Crippen molar-refractivity contribution >= 4 is 27.3 Å². The number of nitrogens with one attached hydrogen (secondary N) is 3. The van der Waals surface area contributed by atoms with Gasteiger partial charge in [-0.2, -0.15) is 0 Å². The summed E-state index contributed by atoms with van der Waals surface area (Å²) in [5.41, 5.74) is 2.52. The topological polar surface area (TPSA) is 87.3 Å². The maximum absolute atomic E-state index is 12.7. The highest BCUT2D eigenvalue weighted by Crippen LogP contribution is 2.23. The van der Waals surface area contributed by atoms with Crippen molar-refractivity contribution in [2.24, 2.45) is 0 Å².